The molecule has 6 nitrogen and oxygen atoms in total. The second-order valence-corrected chi connectivity index (χ2v) is 7.47. The molecule has 0 bridgehead atoms. The van der Waals surface area contributed by atoms with Crippen LogP contribution in [0.3, 0.4) is 0 Å². The first kappa shape index (κ1) is 15.2. The zero-order valence-electron chi connectivity index (χ0n) is 11.8. The second kappa shape index (κ2) is 6.49. The molecule has 0 amide bonds. The predicted molar refractivity (Wildman–Crippen MR) is 74.7 cm³/mol. The van der Waals surface area contributed by atoms with Crippen LogP contribution in [0.1, 0.15) is 12.8 Å². The number of piperazine rings is 1. The molecule has 7 heteroatoms. The molecule has 19 heavy (non-hydrogen) atoms. The van der Waals surface area contributed by atoms with E-state index in [2.05, 4.69) is 10.2 Å². The van der Waals surface area contributed by atoms with Crippen molar-refractivity contribution in [3.05, 3.63) is 0 Å². The Hall–Kier alpha value is -0.210. The molecule has 2 rings (SSSR count). The molecule has 1 saturated carbocycles. The molecule has 1 N–H and O–H groups in total. The summed E-state index contributed by atoms with van der Waals surface area (Å²) >= 11 is 0. The molecule has 1 unspecified atom stereocenters. The Morgan fingerprint density at radius 2 is 1.89 bits per heavy atom. The third-order valence-electron chi connectivity index (χ3n) is 3.84. The van der Waals surface area contributed by atoms with E-state index in [0.717, 1.165) is 19.6 Å². The van der Waals surface area contributed by atoms with E-state index in [-0.39, 0.29) is 0 Å². The molecule has 1 saturated heterocycles. The van der Waals surface area contributed by atoms with Crippen LogP contribution in [0.5, 0.6) is 0 Å². The molecule has 112 valence electrons. The molecule has 0 radical (unpaired) electrons. The molecule has 1 aliphatic heterocycles. The zero-order valence-corrected chi connectivity index (χ0v) is 12.7. The first-order valence-electron chi connectivity index (χ1n) is 6.92. The van der Waals surface area contributed by atoms with Crippen molar-refractivity contribution in [1.29, 1.82) is 0 Å². The maximum absolute atomic E-state index is 11.5. The third-order valence-corrected chi connectivity index (χ3v) is 5.14. The quantitative estimate of drug-likeness (QED) is 0.674. The van der Waals surface area contributed by atoms with Gasteiger partial charge in [-0.25, -0.2) is 8.42 Å². The number of rotatable bonds is 7. The van der Waals surface area contributed by atoms with Crippen molar-refractivity contribution in [3.63, 3.8) is 0 Å². The lowest BCUT2D eigenvalue weighted by atomic mass is 10.2. The number of nitrogens with one attached hydrogen (secondary N) is 1. The van der Waals surface area contributed by atoms with Crippen molar-refractivity contribution in [2.75, 3.05) is 52.7 Å². The van der Waals surface area contributed by atoms with Crippen LogP contribution in [-0.4, -0.2) is 82.4 Å². The van der Waals surface area contributed by atoms with Crippen molar-refractivity contribution in [2.45, 2.75) is 24.9 Å². The van der Waals surface area contributed by atoms with Crippen molar-refractivity contribution < 1.29 is 13.2 Å². The highest BCUT2D eigenvalue weighted by Crippen LogP contribution is 2.19. The van der Waals surface area contributed by atoms with Gasteiger partial charge in [0.15, 0.2) is 0 Å². The molecule has 0 spiro atoms. The summed E-state index contributed by atoms with van der Waals surface area (Å²) in [5.41, 5.74) is 0. The highest BCUT2D eigenvalue weighted by molar-refractivity contribution is 7.88. The Morgan fingerprint density at radius 1 is 1.26 bits per heavy atom. The van der Waals surface area contributed by atoms with E-state index >= 15 is 0 Å². The van der Waals surface area contributed by atoms with Gasteiger partial charge >= 0.3 is 0 Å². The number of methoxy groups -OCH3 is 1. The number of sulfonamides is 1. The lowest BCUT2D eigenvalue weighted by molar-refractivity contribution is 0.0674. The first-order chi connectivity index (χ1) is 9.00. The fourth-order valence-corrected chi connectivity index (χ4v) is 3.30. The molecule has 2 fully saturated rings. The monoisotopic (exact) mass is 291 g/mol. The molecule has 1 aliphatic carbocycles. The Balaban J connectivity index is 1.81. The van der Waals surface area contributed by atoms with Crippen molar-refractivity contribution in [3.8, 4) is 0 Å². The minimum atomic E-state index is -3.04. The van der Waals surface area contributed by atoms with Gasteiger partial charge in [-0.1, -0.05) is 0 Å². The maximum Gasteiger partial charge on any atom is 0.211 e. The normalized spacial score (nSPS) is 24.5. The first-order valence-corrected chi connectivity index (χ1v) is 8.77. The van der Waals surface area contributed by atoms with Crippen molar-refractivity contribution >= 4 is 10.0 Å². The topological polar surface area (TPSA) is 61.9 Å². The number of hydrogen-bond acceptors (Lipinski definition) is 5. The van der Waals surface area contributed by atoms with Gasteiger partial charge in [-0.15, -0.1) is 0 Å². The van der Waals surface area contributed by atoms with Gasteiger partial charge in [-0.2, -0.15) is 4.31 Å². The molecule has 1 atom stereocenters. The van der Waals surface area contributed by atoms with E-state index in [4.69, 9.17) is 4.74 Å². The van der Waals surface area contributed by atoms with Crippen LogP contribution in [0.2, 0.25) is 0 Å². The van der Waals surface area contributed by atoms with Crippen LogP contribution < -0.4 is 5.32 Å². The van der Waals surface area contributed by atoms with Gasteiger partial charge in [0.25, 0.3) is 0 Å². The predicted octanol–water partition coefficient (Wildman–Crippen LogP) is -0.669. The van der Waals surface area contributed by atoms with Crippen LogP contribution in [0.4, 0.5) is 0 Å². The van der Waals surface area contributed by atoms with E-state index in [0.29, 0.717) is 31.8 Å². The Bertz CT molecular complexity index is 376. The van der Waals surface area contributed by atoms with Crippen LogP contribution >= 0.6 is 0 Å². The lowest BCUT2D eigenvalue weighted by Crippen LogP contribution is -2.55. The smallest absolute Gasteiger partial charge is 0.211 e. The maximum atomic E-state index is 11.5. The molecular formula is C12H25N3O3S. The largest absolute Gasteiger partial charge is 0.383 e. The van der Waals surface area contributed by atoms with E-state index in [1.807, 2.05) is 0 Å². The summed E-state index contributed by atoms with van der Waals surface area (Å²) in [7, 11) is -1.32. The summed E-state index contributed by atoms with van der Waals surface area (Å²) in [5, 5.41) is 3.53. The Morgan fingerprint density at radius 3 is 2.37 bits per heavy atom. The Labute approximate surface area is 116 Å². The number of hydrogen-bond donors (Lipinski definition) is 1. The second-order valence-electron chi connectivity index (χ2n) is 5.49. The summed E-state index contributed by atoms with van der Waals surface area (Å²) in [6, 6.07) is 1.03. The van der Waals surface area contributed by atoms with Crippen LogP contribution in [0, 0.1) is 0 Å². The Kier molecular flexibility index (Phi) is 5.19. The zero-order chi connectivity index (χ0) is 13.9. The standard InChI is InChI=1S/C12H25N3O3S/c1-18-10-12(9-13-11-3-4-11)14-5-7-15(8-6-14)19(2,16)17/h11-13H,3-10H2,1-2H3. The number of ether oxygens (including phenoxy) is 1. The van der Waals surface area contributed by atoms with Crippen LogP contribution in [-0.2, 0) is 14.8 Å². The van der Waals surface area contributed by atoms with E-state index in [1.54, 1.807) is 11.4 Å². The lowest BCUT2D eigenvalue weighted by Gasteiger charge is -2.38. The van der Waals surface area contributed by atoms with Crippen LogP contribution in [0.15, 0.2) is 0 Å². The fraction of sp³-hybridized carbons (Fsp3) is 1.00. The summed E-state index contributed by atoms with van der Waals surface area (Å²) in [6.45, 7) is 4.36. The average Bonchev–Trinajstić information content (AvgIpc) is 3.17. The minimum Gasteiger partial charge on any atom is -0.383 e. The molecule has 0 aromatic rings. The fourth-order valence-electron chi connectivity index (χ4n) is 2.48. The van der Waals surface area contributed by atoms with Gasteiger partial charge in [-0.3, -0.25) is 4.90 Å². The van der Waals surface area contributed by atoms with Crippen molar-refractivity contribution in [2.24, 2.45) is 0 Å². The van der Waals surface area contributed by atoms with Gasteiger partial charge < -0.3 is 10.1 Å². The molecule has 1 heterocycles. The van der Waals surface area contributed by atoms with Gasteiger partial charge in [0.2, 0.25) is 10.0 Å². The average molecular weight is 291 g/mol. The summed E-state index contributed by atoms with van der Waals surface area (Å²) in [5.74, 6) is 0. The molecule has 0 aromatic carbocycles. The third kappa shape index (κ3) is 4.68. The van der Waals surface area contributed by atoms with Crippen LogP contribution in [0.25, 0.3) is 0 Å². The highest BCUT2D eigenvalue weighted by Gasteiger charge is 2.29. The minimum absolute atomic E-state index is 0.340. The molecule has 2 aliphatic rings. The number of nitrogens with zero attached hydrogens (tertiary/aromatic N) is 2. The van der Waals surface area contributed by atoms with Gasteiger partial charge in [0.05, 0.1) is 12.9 Å². The van der Waals surface area contributed by atoms with E-state index in [9.17, 15) is 8.42 Å². The van der Waals surface area contributed by atoms with Gasteiger partial charge in [0, 0.05) is 51.9 Å². The van der Waals surface area contributed by atoms with E-state index < -0.39 is 10.0 Å². The summed E-state index contributed by atoms with van der Waals surface area (Å²) < 4.78 is 29.8. The highest BCUT2D eigenvalue weighted by atomic mass is 32.2. The summed E-state index contributed by atoms with van der Waals surface area (Å²) in [6.07, 6.45) is 3.84. The summed E-state index contributed by atoms with van der Waals surface area (Å²) in [4.78, 5) is 2.33. The SMILES string of the molecule is COCC(CNC1CC1)N1CCN(S(C)(=O)=O)CC1. The molecule has 0 aromatic heterocycles. The van der Waals surface area contributed by atoms with Crippen molar-refractivity contribution in [1.82, 2.24) is 14.5 Å². The van der Waals surface area contributed by atoms with Gasteiger partial charge in [-0.05, 0) is 12.8 Å². The van der Waals surface area contributed by atoms with E-state index in [1.165, 1.54) is 19.1 Å². The van der Waals surface area contributed by atoms with Gasteiger partial charge in [0.1, 0.15) is 0 Å². The molecular weight excluding hydrogens is 266 g/mol.